The van der Waals surface area contributed by atoms with Crippen LogP contribution in [0.15, 0.2) is 11.1 Å². The molecule has 0 bridgehead atoms. The summed E-state index contributed by atoms with van der Waals surface area (Å²) in [6, 6.07) is 0. The van der Waals surface area contributed by atoms with Gasteiger partial charge in [0.25, 0.3) is 5.56 Å². The Balaban J connectivity index is 1.98. The molecule has 0 radical (unpaired) electrons. The van der Waals surface area contributed by atoms with Crippen molar-refractivity contribution in [3.05, 3.63) is 22.5 Å². The third-order valence-electron chi connectivity index (χ3n) is 4.69. The number of aliphatic hydroxyl groups is 1. The first-order valence-electron chi connectivity index (χ1n) is 8.59. The maximum atomic E-state index is 12.1. The van der Waals surface area contributed by atoms with E-state index in [1.54, 1.807) is 18.6 Å². The number of ether oxygens (including phenoxy) is 2. The molecule has 144 valence electrons. The van der Waals surface area contributed by atoms with Gasteiger partial charge < -0.3 is 19.6 Å². The molecule has 0 aliphatic carbocycles. The molecule has 1 aliphatic rings. The fraction of sp³-hybridized carbons (Fsp3) is 0.647. The molecule has 1 unspecified atom stereocenters. The van der Waals surface area contributed by atoms with Gasteiger partial charge in [-0.25, -0.2) is 9.97 Å². The number of H-pyrrole nitrogens is 1. The summed E-state index contributed by atoms with van der Waals surface area (Å²) in [6.45, 7) is 6.83. The predicted octanol–water partition coefficient (Wildman–Crippen LogP) is 1.05. The summed E-state index contributed by atoms with van der Waals surface area (Å²) in [7, 11) is 1.54. The van der Waals surface area contributed by atoms with Gasteiger partial charge in [-0.15, -0.1) is 13.2 Å². The number of aryl methyl sites for hydroxylation is 1. The summed E-state index contributed by atoms with van der Waals surface area (Å²) in [5.74, 6) is 0.617. The van der Waals surface area contributed by atoms with Gasteiger partial charge in [0.05, 0.1) is 12.4 Å². The van der Waals surface area contributed by atoms with Crippen molar-refractivity contribution in [2.45, 2.75) is 38.4 Å². The second-order valence-electron chi connectivity index (χ2n) is 7.75. The molecule has 9 heteroatoms. The Kier molecular flexibility index (Phi) is 5.14. The lowest BCUT2D eigenvalue weighted by molar-refractivity contribution is -0.0569. The van der Waals surface area contributed by atoms with Crippen molar-refractivity contribution in [2.75, 3.05) is 26.6 Å². The Bertz CT molecular complexity index is 902. The van der Waals surface area contributed by atoms with Crippen LogP contribution < -0.4 is 5.56 Å². The summed E-state index contributed by atoms with van der Waals surface area (Å²) >= 11 is 0. The summed E-state index contributed by atoms with van der Waals surface area (Å²) in [5.41, 5.74) is 0.362. The molecular weight excluding hydrogens is 355 g/mol. The monoisotopic (exact) mass is 382 g/mol. The number of aromatic nitrogens is 4. The number of aliphatic hydroxyl groups excluding tert-OH is 1. The van der Waals surface area contributed by atoms with Gasteiger partial charge in [0.15, 0.2) is 17.4 Å². The zero-order valence-electron chi connectivity index (χ0n) is 15.8. The van der Waals surface area contributed by atoms with E-state index >= 15 is 0 Å². The van der Waals surface area contributed by atoms with Gasteiger partial charge in [0, 0.05) is 7.11 Å². The van der Waals surface area contributed by atoms with E-state index in [1.807, 2.05) is 0 Å². The highest BCUT2D eigenvalue weighted by atomic mass is 31.2. The molecule has 5 atom stereocenters. The molecule has 1 fully saturated rings. The molecule has 1 aliphatic heterocycles. The predicted molar refractivity (Wildman–Crippen MR) is 104 cm³/mol. The number of hydrogen-bond acceptors (Lipinski definition) is 6. The Morgan fingerprint density at radius 1 is 1.54 bits per heavy atom. The number of imidazole rings is 1. The highest BCUT2D eigenvalue weighted by Gasteiger charge is 2.47. The largest absolute Gasteiger partial charge is 0.387 e. The minimum atomic E-state index is -1.27. The molecule has 3 heterocycles. The molecule has 0 aromatic carbocycles. The van der Waals surface area contributed by atoms with Crippen LogP contribution in [0.3, 0.4) is 0 Å². The van der Waals surface area contributed by atoms with Crippen molar-refractivity contribution in [3.63, 3.8) is 0 Å². The van der Waals surface area contributed by atoms with Crippen LogP contribution in [0.4, 0.5) is 0 Å². The van der Waals surface area contributed by atoms with Crippen molar-refractivity contribution in [1.82, 2.24) is 19.5 Å². The Labute approximate surface area is 152 Å². The van der Waals surface area contributed by atoms with E-state index in [9.17, 15) is 9.90 Å². The third-order valence-corrected chi connectivity index (χ3v) is 6.26. The van der Waals surface area contributed by atoms with Gasteiger partial charge >= 0.3 is 0 Å². The third kappa shape index (κ3) is 3.51. The van der Waals surface area contributed by atoms with E-state index in [4.69, 9.17) is 9.47 Å². The first kappa shape index (κ1) is 19.3. The maximum absolute atomic E-state index is 12.1. The molecule has 26 heavy (non-hydrogen) atoms. The van der Waals surface area contributed by atoms with Crippen molar-refractivity contribution in [1.29, 1.82) is 0 Å². The second kappa shape index (κ2) is 6.93. The number of aromatic amines is 1. The molecule has 2 aromatic heterocycles. The second-order valence-corrected chi connectivity index (χ2v) is 12.0. The van der Waals surface area contributed by atoms with E-state index in [0.29, 0.717) is 11.5 Å². The average molecular weight is 382 g/mol. The summed E-state index contributed by atoms with van der Waals surface area (Å²) in [4.78, 5) is 23.3. The molecule has 0 saturated carbocycles. The highest BCUT2D eigenvalue weighted by molar-refractivity contribution is 7.72. The Morgan fingerprint density at radius 3 is 2.85 bits per heavy atom. The lowest BCUT2D eigenvalue weighted by Crippen LogP contribution is -2.37. The smallest absolute Gasteiger partial charge is 0.279 e. The maximum Gasteiger partial charge on any atom is 0.279 e. The van der Waals surface area contributed by atoms with Crippen LogP contribution >= 0.6 is 6.89 Å². The van der Waals surface area contributed by atoms with Crippen LogP contribution in [-0.4, -0.2) is 75.8 Å². The molecule has 2 aromatic rings. The Morgan fingerprint density at radius 2 is 2.23 bits per heavy atom. The van der Waals surface area contributed by atoms with Gasteiger partial charge in [0.1, 0.15) is 18.0 Å². The number of fused-ring (bicyclic) bond motifs is 1. The number of hydrogen-bond donors (Lipinski definition) is 2. The van der Waals surface area contributed by atoms with Gasteiger partial charge in [-0.3, -0.25) is 9.36 Å². The minimum absolute atomic E-state index is 0.126. The lowest BCUT2D eigenvalue weighted by atomic mass is 10.00. The van der Waals surface area contributed by atoms with E-state index in [-0.39, 0.29) is 23.1 Å². The number of methoxy groups -OCH3 is 1. The topological polar surface area (TPSA) is 102 Å². The van der Waals surface area contributed by atoms with Crippen LogP contribution in [0.2, 0.25) is 0 Å². The van der Waals surface area contributed by atoms with Gasteiger partial charge in [0.2, 0.25) is 0 Å². The fourth-order valence-electron chi connectivity index (χ4n) is 3.73. The first-order valence-corrected chi connectivity index (χ1v) is 11.6. The van der Waals surface area contributed by atoms with E-state index < -0.39 is 25.3 Å². The quantitative estimate of drug-likeness (QED) is 0.750. The molecule has 3 rings (SSSR count). The first-order chi connectivity index (χ1) is 12.1. The lowest BCUT2D eigenvalue weighted by Gasteiger charge is -2.26. The van der Waals surface area contributed by atoms with Crippen molar-refractivity contribution in [3.8, 4) is 0 Å². The van der Waals surface area contributed by atoms with Crippen LogP contribution in [0.5, 0.6) is 0 Å². The number of nitrogens with one attached hydrogen (secondary N) is 1. The Hall–Kier alpha value is -1.47. The van der Waals surface area contributed by atoms with Crippen LogP contribution in [-0.2, 0) is 9.47 Å². The van der Waals surface area contributed by atoms with Crippen LogP contribution in [0.25, 0.3) is 11.2 Å². The highest BCUT2D eigenvalue weighted by Crippen LogP contribution is 2.43. The van der Waals surface area contributed by atoms with Gasteiger partial charge in [-0.05, 0) is 32.3 Å². The summed E-state index contributed by atoms with van der Waals surface area (Å²) in [5, 5.41) is 10.8. The molecule has 2 N–H and O–H groups in total. The fourth-order valence-corrected chi connectivity index (χ4v) is 5.50. The standard InChI is InChI=1S/C17H27N4O4P/c1-9(7-26(4,5)6)13-12(22)14(24-3)17(25-13)21-8-18-11-15(21)19-10(2)20-16(11)23/h8-9,12-14,17,22H,4,7H2,1-3,5-6H3,(H,19,20,23)/t9?,12-,13-,14-,17-/m1/s1. The zero-order valence-corrected chi connectivity index (χ0v) is 16.7. The minimum Gasteiger partial charge on any atom is -0.387 e. The summed E-state index contributed by atoms with van der Waals surface area (Å²) < 4.78 is 13.4. The normalized spacial score (nSPS) is 27.9. The molecule has 0 amide bonds. The van der Waals surface area contributed by atoms with Crippen molar-refractivity contribution >= 4 is 24.3 Å². The zero-order chi connectivity index (χ0) is 19.2. The number of rotatable bonds is 5. The van der Waals surface area contributed by atoms with E-state index in [1.165, 1.54) is 6.33 Å². The SMILES string of the molecule is C=P(C)(C)CC(C)[C@H]1O[C@@H](n2cnc3c(=O)[nH]c(C)nc32)[C@H](OC)[C@@H]1O. The average Bonchev–Trinajstić information content (AvgIpc) is 3.06. The van der Waals surface area contributed by atoms with Crippen molar-refractivity contribution in [2.24, 2.45) is 5.92 Å². The van der Waals surface area contributed by atoms with Gasteiger partial charge in [-0.2, -0.15) is 0 Å². The van der Waals surface area contributed by atoms with Gasteiger partial charge in [-0.1, -0.05) is 6.92 Å². The molecule has 1 saturated heterocycles. The van der Waals surface area contributed by atoms with E-state index in [2.05, 4.69) is 41.5 Å². The molecular formula is C17H27N4O4P. The summed E-state index contributed by atoms with van der Waals surface area (Å²) in [6.07, 6.45) is 4.32. The van der Waals surface area contributed by atoms with E-state index in [0.717, 1.165) is 6.16 Å². The molecule has 0 spiro atoms. The van der Waals surface area contributed by atoms with Crippen LogP contribution in [0, 0.1) is 12.8 Å². The van der Waals surface area contributed by atoms with Crippen LogP contribution in [0.1, 0.15) is 19.0 Å². The molecule has 8 nitrogen and oxygen atoms in total. The van der Waals surface area contributed by atoms with Crippen molar-refractivity contribution < 1.29 is 14.6 Å². The number of nitrogens with zero attached hydrogens (tertiary/aromatic N) is 3.